The minimum Gasteiger partial charge on any atom is -0.611 e. The number of para-hydroxylation sites is 1. The SMILES string of the molecule is CSc1ccc([S+]([O-])CCC(N)C(=O)Nc2ccccc2)cc1. The summed E-state index contributed by atoms with van der Waals surface area (Å²) in [7, 11) is 0. The number of nitrogens with two attached hydrogens (primary N) is 1. The fourth-order valence-corrected chi connectivity index (χ4v) is 3.52. The zero-order chi connectivity index (χ0) is 16.7. The molecule has 0 fully saturated rings. The van der Waals surface area contributed by atoms with E-state index in [9.17, 15) is 9.35 Å². The molecule has 2 rings (SSSR count). The highest BCUT2D eigenvalue weighted by molar-refractivity contribution is 7.98. The van der Waals surface area contributed by atoms with Gasteiger partial charge in [0, 0.05) is 17.0 Å². The number of thioether (sulfide) groups is 1. The number of carbonyl (C=O) groups is 1. The lowest BCUT2D eigenvalue weighted by Crippen LogP contribution is -2.37. The van der Waals surface area contributed by atoms with Crippen LogP contribution in [-0.4, -0.2) is 28.5 Å². The van der Waals surface area contributed by atoms with Crippen molar-refractivity contribution in [1.29, 1.82) is 0 Å². The minimum atomic E-state index is -1.15. The third-order valence-corrected chi connectivity index (χ3v) is 5.46. The van der Waals surface area contributed by atoms with Gasteiger partial charge in [0.05, 0.1) is 6.04 Å². The molecule has 0 aliphatic heterocycles. The third kappa shape index (κ3) is 5.58. The first kappa shape index (κ1) is 17.9. The molecule has 0 saturated carbocycles. The molecule has 0 aromatic heterocycles. The lowest BCUT2D eigenvalue weighted by Gasteiger charge is -2.14. The van der Waals surface area contributed by atoms with E-state index in [2.05, 4.69) is 5.32 Å². The topological polar surface area (TPSA) is 78.2 Å². The Morgan fingerprint density at radius 3 is 2.48 bits per heavy atom. The predicted octanol–water partition coefficient (Wildman–Crippen LogP) is 2.87. The number of rotatable bonds is 7. The average molecular weight is 348 g/mol. The van der Waals surface area contributed by atoms with Crippen molar-refractivity contribution in [2.75, 3.05) is 17.3 Å². The lowest BCUT2D eigenvalue weighted by atomic mass is 10.2. The van der Waals surface area contributed by atoms with Crippen LogP contribution >= 0.6 is 11.8 Å². The molecule has 4 nitrogen and oxygen atoms in total. The Morgan fingerprint density at radius 2 is 1.87 bits per heavy atom. The summed E-state index contributed by atoms with van der Waals surface area (Å²) in [4.78, 5) is 13.9. The Bertz CT molecular complexity index is 620. The number of benzene rings is 2. The van der Waals surface area contributed by atoms with E-state index >= 15 is 0 Å². The molecule has 122 valence electrons. The summed E-state index contributed by atoms with van der Waals surface area (Å²) in [6.45, 7) is 0. The first-order chi connectivity index (χ1) is 11.1. The fourth-order valence-electron chi connectivity index (χ4n) is 1.97. The van der Waals surface area contributed by atoms with Gasteiger partial charge >= 0.3 is 0 Å². The maximum atomic E-state index is 12.2. The molecule has 0 aliphatic rings. The standard InChI is InChI=1S/C17H20N2O2S2/c1-22-14-7-9-15(10-8-14)23(21)12-11-16(18)17(20)19-13-5-3-2-4-6-13/h2-10,16H,11-12,18H2,1H3,(H,19,20). The highest BCUT2D eigenvalue weighted by Gasteiger charge is 2.18. The second-order valence-corrected chi connectivity index (χ2v) is 7.43. The first-order valence-electron chi connectivity index (χ1n) is 7.24. The van der Waals surface area contributed by atoms with Crippen molar-refractivity contribution in [2.24, 2.45) is 5.73 Å². The second kappa shape index (κ2) is 8.98. The smallest absolute Gasteiger partial charge is 0.241 e. The van der Waals surface area contributed by atoms with Gasteiger partial charge in [-0.25, -0.2) is 0 Å². The molecule has 2 unspecified atom stereocenters. The summed E-state index contributed by atoms with van der Waals surface area (Å²) < 4.78 is 12.2. The van der Waals surface area contributed by atoms with Crippen molar-refractivity contribution in [3.63, 3.8) is 0 Å². The van der Waals surface area contributed by atoms with Crippen LogP contribution in [0.15, 0.2) is 64.4 Å². The van der Waals surface area contributed by atoms with E-state index in [-0.39, 0.29) is 5.91 Å². The largest absolute Gasteiger partial charge is 0.611 e. The Labute approximate surface area is 144 Å². The normalized spacial score (nSPS) is 13.3. The van der Waals surface area contributed by atoms with Crippen molar-refractivity contribution >= 4 is 34.5 Å². The lowest BCUT2D eigenvalue weighted by molar-refractivity contribution is -0.117. The van der Waals surface area contributed by atoms with E-state index in [4.69, 9.17) is 5.73 Å². The van der Waals surface area contributed by atoms with Gasteiger partial charge in [0.15, 0.2) is 4.90 Å². The third-order valence-electron chi connectivity index (χ3n) is 3.31. The van der Waals surface area contributed by atoms with Crippen LogP contribution in [-0.2, 0) is 16.0 Å². The number of hydrogen-bond donors (Lipinski definition) is 2. The van der Waals surface area contributed by atoms with E-state index in [1.807, 2.05) is 48.7 Å². The summed E-state index contributed by atoms with van der Waals surface area (Å²) in [5.41, 5.74) is 6.60. The zero-order valence-electron chi connectivity index (χ0n) is 12.9. The van der Waals surface area contributed by atoms with Crippen LogP contribution in [0.3, 0.4) is 0 Å². The molecule has 6 heteroatoms. The molecule has 0 heterocycles. The Morgan fingerprint density at radius 1 is 1.22 bits per heavy atom. The van der Waals surface area contributed by atoms with Crippen molar-refractivity contribution in [2.45, 2.75) is 22.3 Å². The number of hydrogen-bond acceptors (Lipinski definition) is 4. The van der Waals surface area contributed by atoms with Crippen LogP contribution in [0.4, 0.5) is 5.69 Å². The number of amides is 1. The van der Waals surface area contributed by atoms with Crippen LogP contribution in [0.5, 0.6) is 0 Å². The predicted molar refractivity (Wildman–Crippen MR) is 97.2 cm³/mol. The van der Waals surface area contributed by atoms with Gasteiger partial charge in [0.2, 0.25) is 5.91 Å². The molecule has 0 bridgehead atoms. The summed E-state index contributed by atoms with van der Waals surface area (Å²) >= 11 is 0.494. The molecular formula is C17H20N2O2S2. The van der Waals surface area contributed by atoms with Gasteiger partial charge in [0.25, 0.3) is 0 Å². The molecule has 0 aliphatic carbocycles. The van der Waals surface area contributed by atoms with E-state index in [1.54, 1.807) is 23.9 Å². The van der Waals surface area contributed by atoms with Gasteiger partial charge in [-0.1, -0.05) is 18.2 Å². The van der Waals surface area contributed by atoms with Gasteiger partial charge in [-0.2, -0.15) is 0 Å². The van der Waals surface area contributed by atoms with Crippen LogP contribution in [0, 0.1) is 0 Å². The number of anilines is 1. The second-order valence-electron chi connectivity index (χ2n) is 4.98. The quantitative estimate of drug-likeness (QED) is 0.596. The maximum absolute atomic E-state index is 12.2. The van der Waals surface area contributed by atoms with E-state index in [0.717, 1.165) is 9.79 Å². The van der Waals surface area contributed by atoms with Gasteiger partial charge in [-0.3, -0.25) is 4.79 Å². The van der Waals surface area contributed by atoms with Crippen LogP contribution in [0.25, 0.3) is 0 Å². The Balaban J connectivity index is 1.82. The summed E-state index contributed by atoms with van der Waals surface area (Å²) in [6.07, 6.45) is 2.37. The van der Waals surface area contributed by atoms with Crippen LogP contribution < -0.4 is 11.1 Å². The summed E-state index contributed by atoms with van der Waals surface area (Å²) in [5.74, 6) is 0.105. The van der Waals surface area contributed by atoms with Crippen molar-refractivity contribution in [3.05, 3.63) is 54.6 Å². The molecule has 0 saturated heterocycles. The van der Waals surface area contributed by atoms with Crippen molar-refractivity contribution in [1.82, 2.24) is 0 Å². The molecule has 0 radical (unpaired) electrons. The number of nitrogens with one attached hydrogen (secondary N) is 1. The van der Waals surface area contributed by atoms with Crippen LogP contribution in [0.1, 0.15) is 6.42 Å². The Kier molecular flexibility index (Phi) is 6.98. The first-order valence-corrected chi connectivity index (χ1v) is 9.78. The molecule has 2 aromatic carbocycles. The molecular weight excluding hydrogens is 328 g/mol. The molecule has 23 heavy (non-hydrogen) atoms. The molecule has 2 aromatic rings. The zero-order valence-corrected chi connectivity index (χ0v) is 14.5. The minimum absolute atomic E-state index is 0.258. The van der Waals surface area contributed by atoms with Crippen LogP contribution in [0.2, 0.25) is 0 Å². The summed E-state index contributed by atoms with van der Waals surface area (Å²) in [6, 6.07) is 16.1. The molecule has 1 amide bonds. The summed E-state index contributed by atoms with van der Waals surface area (Å²) in [5, 5.41) is 2.75. The fraction of sp³-hybridized carbons (Fsp3) is 0.235. The molecule has 0 spiro atoms. The highest BCUT2D eigenvalue weighted by atomic mass is 32.2. The highest BCUT2D eigenvalue weighted by Crippen LogP contribution is 2.19. The van der Waals surface area contributed by atoms with Gasteiger partial charge in [-0.05, 0) is 53.8 Å². The van der Waals surface area contributed by atoms with Gasteiger partial charge in [0.1, 0.15) is 5.75 Å². The monoisotopic (exact) mass is 348 g/mol. The van der Waals surface area contributed by atoms with Gasteiger partial charge in [-0.15, -0.1) is 11.8 Å². The van der Waals surface area contributed by atoms with E-state index in [0.29, 0.717) is 17.9 Å². The van der Waals surface area contributed by atoms with E-state index < -0.39 is 17.2 Å². The Hall–Kier alpha value is -1.47. The van der Waals surface area contributed by atoms with E-state index in [1.165, 1.54) is 0 Å². The van der Waals surface area contributed by atoms with Gasteiger partial charge < -0.3 is 15.6 Å². The van der Waals surface area contributed by atoms with Crippen molar-refractivity contribution in [3.8, 4) is 0 Å². The maximum Gasteiger partial charge on any atom is 0.241 e. The molecule has 3 N–H and O–H groups in total. The van der Waals surface area contributed by atoms with Crippen molar-refractivity contribution < 1.29 is 9.35 Å². The average Bonchev–Trinajstić information content (AvgIpc) is 2.60. The molecule has 2 atom stereocenters. The number of carbonyl (C=O) groups excluding carboxylic acids is 1.